The summed E-state index contributed by atoms with van der Waals surface area (Å²) in [5.74, 6) is 0. The monoisotopic (exact) mass is 418 g/mol. The van der Waals surface area contributed by atoms with Gasteiger partial charge in [-0.15, -0.1) is 0 Å². The van der Waals surface area contributed by atoms with E-state index in [1.165, 1.54) is 13.3 Å². The van der Waals surface area contributed by atoms with E-state index in [2.05, 4.69) is 4.98 Å². The molecule has 1 aromatic rings. The van der Waals surface area contributed by atoms with Crippen molar-refractivity contribution in [3.05, 3.63) is 33.1 Å². The zero-order valence-corrected chi connectivity index (χ0v) is 15.7. The van der Waals surface area contributed by atoms with Gasteiger partial charge in [-0.05, 0) is 0 Å². The van der Waals surface area contributed by atoms with Gasteiger partial charge in [0.25, 0.3) is 5.56 Å². The van der Waals surface area contributed by atoms with E-state index in [-0.39, 0.29) is 20.0 Å². The highest BCUT2D eigenvalue weighted by Gasteiger charge is 2.44. The second kappa shape index (κ2) is 9.42. The van der Waals surface area contributed by atoms with Crippen molar-refractivity contribution in [3.8, 4) is 0 Å². The normalized spacial score (nSPS) is 37.7. The van der Waals surface area contributed by atoms with E-state index in [1.54, 1.807) is 0 Å². The fourth-order valence-electron chi connectivity index (χ4n) is 3.33. The maximum Gasteiger partial charge on any atom is 0.330 e. The van der Waals surface area contributed by atoms with Crippen LogP contribution in [-0.4, -0.2) is 89.7 Å². The molecule has 2 aliphatic heterocycles. The Morgan fingerprint density at radius 1 is 1.31 bits per heavy atom. The third-order valence-electron chi connectivity index (χ3n) is 4.89. The summed E-state index contributed by atoms with van der Waals surface area (Å²) in [5.41, 5.74) is 10.6. The van der Waals surface area contributed by atoms with Crippen LogP contribution in [-0.2, 0) is 23.7 Å². The number of hydrogen-bond acceptors (Lipinski definition) is 11. The molecule has 0 aromatic carbocycles. The minimum atomic E-state index is -1.40. The summed E-state index contributed by atoms with van der Waals surface area (Å²) in [6.07, 6.45) is -4.86. The summed E-state index contributed by atoms with van der Waals surface area (Å²) in [7, 11) is 1.46. The molecule has 13 nitrogen and oxygen atoms in total. The van der Waals surface area contributed by atoms with Gasteiger partial charge in [0.1, 0.15) is 25.1 Å². The molecule has 0 aliphatic carbocycles. The number of nitrogens with two attached hydrogens (primary N) is 2. The molecule has 29 heavy (non-hydrogen) atoms. The number of nitrogens with one attached hydrogen (secondary N) is 1. The van der Waals surface area contributed by atoms with Gasteiger partial charge in [-0.3, -0.25) is 14.3 Å². The van der Waals surface area contributed by atoms with Gasteiger partial charge in [-0.2, -0.15) is 0 Å². The number of hydrogen-bond donors (Lipinski definition) is 5. The lowest BCUT2D eigenvalue weighted by molar-refractivity contribution is -0.216. The molecule has 1 aromatic heterocycles. The van der Waals surface area contributed by atoms with Crippen LogP contribution in [0.5, 0.6) is 0 Å². The first-order valence-electron chi connectivity index (χ1n) is 9.01. The molecule has 164 valence electrons. The van der Waals surface area contributed by atoms with E-state index < -0.39 is 60.3 Å². The Balaban J connectivity index is 1.52. The second-order valence-corrected chi connectivity index (χ2v) is 6.86. The van der Waals surface area contributed by atoms with Crippen molar-refractivity contribution in [2.45, 2.75) is 49.0 Å². The topological polar surface area (TPSA) is 194 Å². The number of ether oxygens (including phenoxy) is 5. The fraction of sp³-hybridized carbons (Fsp3) is 0.750. The second-order valence-electron chi connectivity index (χ2n) is 6.86. The molecule has 8 atom stereocenters. The highest BCUT2D eigenvalue weighted by molar-refractivity contribution is 4.93. The van der Waals surface area contributed by atoms with Crippen LogP contribution in [0, 0.1) is 0 Å². The number of aromatic amines is 1. The summed E-state index contributed by atoms with van der Waals surface area (Å²) in [6.45, 7) is -0.119. The summed E-state index contributed by atoms with van der Waals surface area (Å²) < 4.78 is 27.9. The number of nitrogens with zero attached hydrogens (tertiary/aromatic N) is 1. The maximum atomic E-state index is 11.9. The molecular formula is C16H26N4O9. The third-order valence-corrected chi connectivity index (χ3v) is 4.89. The molecular weight excluding hydrogens is 392 g/mol. The molecule has 0 amide bonds. The van der Waals surface area contributed by atoms with Crippen molar-refractivity contribution >= 4 is 0 Å². The fourth-order valence-corrected chi connectivity index (χ4v) is 3.33. The Labute approximate surface area is 165 Å². The molecule has 13 heteroatoms. The highest BCUT2D eigenvalue weighted by atomic mass is 16.7. The lowest BCUT2D eigenvalue weighted by atomic mass is 10.0. The van der Waals surface area contributed by atoms with Crippen LogP contribution >= 0.6 is 0 Å². The van der Waals surface area contributed by atoms with Gasteiger partial charge in [0, 0.05) is 19.4 Å². The molecule has 0 bridgehead atoms. The van der Waals surface area contributed by atoms with Gasteiger partial charge in [-0.25, -0.2) is 4.79 Å². The molecule has 2 saturated heterocycles. The Morgan fingerprint density at radius 2 is 2.07 bits per heavy atom. The van der Waals surface area contributed by atoms with Crippen molar-refractivity contribution in [2.24, 2.45) is 11.5 Å². The SMILES string of the molecule is CO[C@@H]1OC[C@@H](N)[C@@H](OCOC[C@H]2O[C@@H](n3ccc(=O)[nH]c3=O)[C@H](O)[C@@H]2O)[C@H]1N. The van der Waals surface area contributed by atoms with Crippen LogP contribution in [0.1, 0.15) is 6.23 Å². The first-order valence-corrected chi connectivity index (χ1v) is 9.01. The van der Waals surface area contributed by atoms with Crippen molar-refractivity contribution in [2.75, 3.05) is 27.1 Å². The van der Waals surface area contributed by atoms with Crippen molar-refractivity contribution in [1.29, 1.82) is 0 Å². The number of H-pyrrole nitrogens is 1. The number of aromatic nitrogens is 2. The maximum absolute atomic E-state index is 11.9. The predicted octanol–water partition coefficient (Wildman–Crippen LogP) is -3.83. The Kier molecular flexibility index (Phi) is 7.15. The van der Waals surface area contributed by atoms with Crippen LogP contribution in [0.2, 0.25) is 0 Å². The first-order chi connectivity index (χ1) is 13.8. The molecule has 3 rings (SSSR count). The lowest BCUT2D eigenvalue weighted by Gasteiger charge is -2.38. The summed E-state index contributed by atoms with van der Waals surface area (Å²) in [4.78, 5) is 25.1. The highest BCUT2D eigenvalue weighted by Crippen LogP contribution is 2.28. The summed E-state index contributed by atoms with van der Waals surface area (Å²) >= 11 is 0. The van der Waals surface area contributed by atoms with Crippen molar-refractivity contribution in [1.82, 2.24) is 9.55 Å². The quantitative estimate of drug-likeness (QED) is 0.215. The Bertz CT molecular complexity index is 786. The molecule has 0 unspecified atom stereocenters. The zero-order chi connectivity index (χ0) is 21.1. The Morgan fingerprint density at radius 3 is 2.76 bits per heavy atom. The van der Waals surface area contributed by atoms with Gasteiger partial charge >= 0.3 is 5.69 Å². The van der Waals surface area contributed by atoms with Gasteiger partial charge in [0.05, 0.1) is 31.4 Å². The van der Waals surface area contributed by atoms with E-state index in [4.69, 9.17) is 35.2 Å². The van der Waals surface area contributed by atoms with Crippen LogP contribution in [0.3, 0.4) is 0 Å². The smallest absolute Gasteiger partial charge is 0.330 e. The molecule has 3 heterocycles. The first kappa shape index (κ1) is 22.0. The van der Waals surface area contributed by atoms with Gasteiger partial charge < -0.3 is 45.4 Å². The number of rotatable bonds is 7. The third kappa shape index (κ3) is 4.74. The molecule has 0 spiro atoms. The van der Waals surface area contributed by atoms with E-state index in [1.807, 2.05) is 0 Å². The van der Waals surface area contributed by atoms with E-state index in [9.17, 15) is 19.8 Å². The van der Waals surface area contributed by atoms with Crippen molar-refractivity contribution < 1.29 is 33.9 Å². The van der Waals surface area contributed by atoms with Crippen LogP contribution < -0.4 is 22.7 Å². The number of aliphatic hydroxyl groups excluding tert-OH is 2. The van der Waals surface area contributed by atoms with Crippen molar-refractivity contribution in [3.63, 3.8) is 0 Å². The van der Waals surface area contributed by atoms with Gasteiger partial charge in [0.15, 0.2) is 12.5 Å². The molecule has 0 saturated carbocycles. The largest absolute Gasteiger partial charge is 0.387 e. The number of aliphatic hydroxyl groups is 2. The summed E-state index contributed by atoms with van der Waals surface area (Å²) in [6, 6.07) is 0.0282. The van der Waals surface area contributed by atoms with Crippen LogP contribution in [0.4, 0.5) is 0 Å². The average Bonchev–Trinajstić information content (AvgIpc) is 2.96. The van der Waals surface area contributed by atoms with E-state index in [0.717, 1.165) is 10.6 Å². The van der Waals surface area contributed by atoms with Crippen LogP contribution in [0.25, 0.3) is 0 Å². The van der Waals surface area contributed by atoms with Crippen LogP contribution in [0.15, 0.2) is 21.9 Å². The minimum Gasteiger partial charge on any atom is -0.387 e. The molecule has 7 N–H and O–H groups in total. The predicted molar refractivity (Wildman–Crippen MR) is 95.6 cm³/mol. The van der Waals surface area contributed by atoms with Gasteiger partial charge in [0.2, 0.25) is 0 Å². The lowest BCUT2D eigenvalue weighted by Crippen LogP contribution is -2.61. The number of methoxy groups -OCH3 is 1. The van der Waals surface area contributed by atoms with E-state index >= 15 is 0 Å². The average molecular weight is 418 g/mol. The summed E-state index contributed by atoms with van der Waals surface area (Å²) in [5, 5.41) is 20.4. The van der Waals surface area contributed by atoms with Gasteiger partial charge in [-0.1, -0.05) is 0 Å². The molecule has 2 fully saturated rings. The Hall–Kier alpha value is -1.68. The minimum absolute atomic E-state index is 0.131. The van der Waals surface area contributed by atoms with E-state index in [0.29, 0.717) is 0 Å². The molecule has 2 aliphatic rings. The zero-order valence-electron chi connectivity index (χ0n) is 15.7. The standard InChI is InChI=1S/C16H26N4O9/c1-25-15-10(18)13(7(17)4-27-15)28-6-26-5-8-11(22)12(23)14(29-8)20-3-2-9(21)19-16(20)24/h2-3,7-8,10-15,22-23H,4-6,17-18H2,1H3,(H,19,21,24)/t7-,8-,10-,11-,12-,13-,14-,15-/m1/s1. The molecule has 0 radical (unpaired) electrons.